The molecule has 6 atom stereocenters. The summed E-state index contributed by atoms with van der Waals surface area (Å²) >= 11 is 0. The number of ketones is 1. The van der Waals surface area contributed by atoms with Crippen molar-refractivity contribution in [3.05, 3.63) is 11.6 Å². The topological polar surface area (TPSA) is 76.0 Å². The average molecular weight is 359 g/mol. The summed E-state index contributed by atoms with van der Waals surface area (Å²) in [6, 6.07) is 0. The van der Waals surface area contributed by atoms with E-state index in [1.807, 2.05) is 6.08 Å². The van der Waals surface area contributed by atoms with Crippen molar-refractivity contribution < 1.29 is 19.5 Å². The van der Waals surface area contributed by atoms with Gasteiger partial charge >= 0.3 is 5.97 Å². The van der Waals surface area contributed by atoms with Crippen LogP contribution in [0.4, 0.5) is 0 Å². The molecule has 4 rings (SSSR count). The first-order valence-electron chi connectivity index (χ1n) is 9.91. The molecule has 5 heteroatoms. The molecule has 0 aromatic carbocycles. The first-order chi connectivity index (χ1) is 12.3. The van der Waals surface area contributed by atoms with Crippen LogP contribution >= 0.6 is 0 Å². The third-order valence-corrected chi connectivity index (χ3v) is 8.01. The van der Waals surface area contributed by atoms with Gasteiger partial charge in [0, 0.05) is 24.7 Å². The van der Waals surface area contributed by atoms with E-state index in [0.29, 0.717) is 24.0 Å². The molecule has 0 bridgehead atoms. The van der Waals surface area contributed by atoms with E-state index in [1.54, 1.807) is 0 Å². The molecule has 0 amide bonds. The zero-order valence-electron chi connectivity index (χ0n) is 16.0. The lowest BCUT2D eigenvalue weighted by atomic mass is 9.47. The van der Waals surface area contributed by atoms with Gasteiger partial charge in [0.2, 0.25) is 0 Å². The number of ether oxygens (including phenoxy) is 1. The molecule has 0 spiro atoms. The molecule has 0 saturated heterocycles. The van der Waals surface area contributed by atoms with Crippen LogP contribution in [0.25, 0.3) is 0 Å². The molecule has 142 valence electrons. The van der Waals surface area contributed by atoms with Gasteiger partial charge < -0.3 is 9.94 Å². The number of carbonyl (C=O) groups excluding carboxylic acids is 2. The van der Waals surface area contributed by atoms with E-state index in [4.69, 9.17) is 9.94 Å². The molecular weight excluding hydrogens is 330 g/mol. The minimum Gasteiger partial charge on any atom is -0.462 e. The van der Waals surface area contributed by atoms with Gasteiger partial charge in [-0.1, -0.05) is 24.6 Å². The lowest BCUT2D eigenvalue weighted by molar-refractivity contribution is -0.163. The maximum atomic E-state index is 13.4. The van der Waals surface area contributed by atoms with Crippen molar-refractivity contribution in [2.45, 2.75) is 71.8 Å². The van der Waals surface area contributed by atoms with Crippen LogP contribution in [0.15, 0.2) is 16.8 Å². The molecule has 4 aliphatic rings. The second-order valence-corrected chi connectivity index (χ2v) is 9.29. The first-order valence-corrected chi connectivity index (χ1v) is 9.91. The molecule has 0 aromatic rings. The number of fused-ring (bicyclic) bond motifs is 5. The number of carbonyl (C=O) groups is 2. The summed E-state index contributed by atoms with van der Waals surface area (Å²) in [6.45, 7) is 5.87. The lowest BCUT2D eigenvalue weighted by Crippen LogP contribution is -2.55. The Hall–Kier alpha value is -1.65. The number of esters is 1. The Bertz CT molecular complexity index is 711. The van der Waals surface area contributed by atoms with E-state index in [0.717, 1.165) is 44.2 Å². The summed E-state index contributed by atoms with van der Waals surface area (Å²) < 4.78 is 5.63. The maximum Gasteiger partial charge on any atom is 0.302 e. The van der Waals surface area contributed by atoms with Crippen molar-refractivity contribution >= 4 is 17.5 Å². The monoisotopic (exact) mass is 359 g/mol. The number of Topliss-reactive ketones (excluding diaryl/α,β-unsaturated/α-hetero) is 1. The van der Waals surface area contributed by atoms with Crippen molar-refractivity contribution in [2.24, 2.45) is 33.7 Å². The van der Waals surface area contributed by atoms with Gasteiger partial charge in [0.25, 0.3) is 0 Å². The zero-order valence-corrected chi connectivity index (χ0v) is 16.0. The van der Waals surface area contributed by atoms with Gasteiger partial charge in [-0.25, -0.2) is 0 Å². The zero-order chi connectivity index (χ0) is 18.7. The Balaban J connectivity index is 1.68. The summed E-state index contributed by atoms with van der Waals surface area (Å²) in [5, 5.41) is 12.5. The van der Waals surface area contributed by atoms with Gasteiger partial charge in [-0.3, -0.25) is 9.59 Å². The van der Waals surface area contributed by atoms with Crippen molar-refractivity contribution in [1.29, 1.82) is 0 Å². The summed E-state index contributed by atoms with van der Waals surface area (Å²) in [5.41, 5.74) is 1.69. The SMILES string of the molecule is CC(=O)OC1CC[C@H]2C3CCC4=C/C(=N/O)CCC4(C)[C@H]3C(=O)CC12C. The van der Waals surface area contributed by atoms with Crippen molar-refractivity contribution in [2.75, 3.05) is 0 Å². The van der Waals surface area contributed by atoms with E-state index in [9.17, 15) is 9.59 Å². The maximum absolute atomic E-state index is 13.4. The molecule has 0 heterocycles. The number of allylic oxidation sites excluding steroid dienone is 2. The Morgan fingerprint density at radius 1 is 1.27 bits per heavy atom. The highest BCUT2D eigenvalue weighted by Crippen LogP contribution is 2.64. The molecule has 4 aliphatic carbocycles. The molecule has 4 unspecified atom stereocenters. The van der Waals surface area contributed by atoms with Gasteiger partial charge in [0.05, 0.1) is 5.71 Å². The molecule has 0 radical (unpaired) electrons. The van der Waals surface area contributed by atoms with Crippen LogP contribution in [0.2, 0.25) is 0 Å². The van der Waals surface area contributed by atoms with Crippen molar-refractivity contribution in [1.82, 2.24) is 0 Å². The van der Waals surface area contributed by atoms with E-state index in [2.05, 4.69) is 19.0 Å². The van der Waals surface area contributed by atoms with Crippen molar-refractivity contribution in [3.8, 4) is 0 Å². The fourth-order valence-electron chi connectivity index (χ4n) is 6.82. The first kappa shape index (κ1) is 17.7. The molecule has 0 aliphatic heterocycles. The van der Waals surface area contributed by atoms with Gasteiger partial charge in [-0.05, 0) is 61.9 Å². The van der Waals surface area contributed by atoms with E-state index in [-0.39, 0.29) is 28.8 Å². The van der Waals surface area contributed by atoms with Crippen LogP contribution in [0.3, 0.4) is 0 Å². The van der Waals surface area contributed by atoms with Crippen LogP contribution in [0, 0.1) is 28.6 Å². The highest BCUT2D eigenvalue weighted by molar-refractivity contribution is 5.97. The number of hydrogen-bond donors (Lipinski definition) is 1. The molecule has 3 fully saturated rings. The summed E-state index contributed by atoms with van der Waals surface area (Å²) in [6.07, 6.45) is 7.90. The number of nitrogens with zero attached hydrogens (tertiary/aromatic N) is 1. The lowest BCUT2D eigenvalue weighted by Gasteiger charge is -2.56. The van der Waals surface area contributed by atoms with Gasteiger partial charge in [-0.2, -0.15) is 0 Å². The smallest absolute Gasteiger partial charge is 0.302 e. The predicted octanol–water partition coefficient (Wildman–Crippen LogP) is 3.89. The largest absolute Gasteiger partial charge is 0.462 e. The highest BCUT2D eigenvalue weighted by Gasteiger charge is 2.62. The minimum atomic E-state index is -0.240. The molecule has 1 N–H and O–H groups in total. The summed E-state index contributed by atoms with van der Waals surface area (Å²) in [7, 11) is 0. The van der Waals surface area contributed by atoms with E-state index in [1.165, 1.54) is 12.5 Å². The van der Waals surface area contributed by atoms with Crippen molar-refractivity contribution in [3.63, 3.8) is 0 Å². The Morgan fingerprint density at radius 3 is 2.73 bits per heavy atom. The number of hydrogen-bond acceptors (Lipinski definition) is 5. The molecular formula is C21H29NO4. The van der Waals surface area contributed by atoms with Crippen LogP contribution in [-0.4, -0.2) is 28.8 Å². The Labute approximate surface area is 154 Å². The molecule has 26 heavy (non-hydrogen) atoms. The summed E-state index contributed by atoms with van der Waals surface area (Å²) in [5.74, 6) is 0.968. The third kappa shape index (κ3) is 2.39. The van der Waals surface area contributed by atoms with Crippen LogP contribution in [0.5, 0.6) is 0 Å². The normalized spacial score (nSPS) is 46.2. The van der Waals surface area contributed by atoms with Gasteiger partial charge in [0.1, 0.15) is 11.9 Å². The van der Waals surface area contributed by atoms with Gasteiger partial charge in [-0.15, -0.1) is 0 Å². The highest BCUT2D eigenvalue weighted by atomic mass is 16.5. The quantitative estimate of drug-likeness (QED) is 0.438. The predicted molar refractivity (Wildman–Crippen MR) is 96.9 cm³/mol. The average Bonchev–Trinajstić information content (AvgIpc) is 2.89. The van der Waals surface area contributed by atoms with E-state index >= 15 is 0 Å². The third-order valence-electron chi connectivity index (χ3n) is 8.01. The fraction of sp³-hybridized carbons (Fsp3) is 0.762. The Kier molecular flexibility index (Phi) is 4.05. The second kappa shape index (κ2) is 5.93. The van der Waals surface area contributed by atoms with Crippen LogP contribution in [0.1, 0.15) is 65.7 Å². The number of rotatable bonds is 1. The minimum absolute atomic E-state index is 0.0527. The number of oxime groups is 1. The molecule has 3 saturated carbocycles. The molecule has 5 nitrogen and oxygen atoms in total. The Morgan fingerprint density at radius 2 is 2.04 bits per heavy atom. The fourth-order valence-corrected chi connectivity index (χ4v) is 6.82. The van der Waals surface area contributed by atoms with Crippen LogP contribution in [-0.2, 0) is 14.3 Å². The molecule has 0 aromatic heterocycles. The second-order valence-electron chi connectivity index (χ2n) is 9.29. The van der Waals surface area contributed by atoms with E-state index < -0.39 is 0 Å². The summed E-state index contributed by atoms with van der Waals surface area (Å²) in [4.78, 5) is 24.9. The van der Waals surface area contributed by atoms with Gasteiger partial charge in [0.15, 0.2) is 0 Å². The van der Waals surface area contributed by atoms with Crippen LogP contribution < -0.4 is 0 Å². The standard InChI is InChI=1S/C21H29NO4/c1-12(23)26-18-7-6-16-15-5-4-13-10-14(22-25)8-9-20(13,2)19(15)17(24)11-21(16,18)3/h10,15-16,18-19,25H,4-9,11H2,1-3H3/b22-14+/t15?,16-,18?,19+,20?,21?/m0/s1.